The van der Waals surface area contributed by atoms with Crippen LogP contribution in [0.5, 0.6) is 0 Å². The largest absolute Gasteiger partial charge is 0.478 e. The summed E-state index contributed by atoms with van der Waals surface area (Å²) in [5, 5.41) is 30.8. The number of esters is 1. The zero-order valence-corrected chi connectivity index (χ0v) is 32.0. The molecule has 0 spiro atoms. The predicted octanol–water partition coefficient (Wildman–Crippen LogP) is 8.18. The van der Waals surface area contributed by atoms with E-state index in [0.717, 1.165) is 55.2 Å². The molecule has 6 aromatic rings. The Morgan fingerprint density at radius 1 is 0.702 bits per heavy atom. The summed E-state index contributed by atoms with van der Waals surface area (Å²) >= 11 is 13.7. The van der Waals surface area contributed by atoms with Crippen LogP contribution in [0.25, 0.3) is 32.8 Å². The number of hydrogen-bond acceptors (Lipinski definition) is 11. The van der Waals surface area contributed by atoms with Crippen molar-refractivity contribution < 1.29 is 63.3 Å². The number of aromatic carboxylic acids is 1. The standard InChI is InChI=1S/C15H11ClF5N5O2S.C14H9ClF5N5O2S/c1-6-10(14(17,18)15(19,20)21)23-25(2)12(6)26-5-8(22-24-26)9-4-7(11(16)29-9)13(27)28-3;1-5-9(13(16,17)14(18,19)20)22-24(2)11(5)25-4-7(21-23-25)8-3-6(12(26)27)10(15)28-8/h4-5H,1-3H3;3-4H,1-2H3,(H,26,27). The summed E-state index contributed by atoms with van der Waals surface area (Å²) < 4.78 is 140. The Balaban J connectivity index is 0.000000218. The second-order valence-electron chi connectivity index (χ2n) is 11.5. The van der Waals surface area contributed by atoms with Gasteiger partial charge in [0.05, 0.1) is 40.4 Å². The monoisotopic (exact) mass is 896 g/mol. The number of aromatic nitrogens is 10. The number of carboxylic acids is 1. The molecule has 0 radical (unpaired) electrons. The van der Waals surface area contributed by atoms with E-state index in [-0.39, 0.29) is 42.8 Å². The van der Waals surface area contributed by atoms with E-state index in [1.54, 1.807) is 0 Å². The van der Waals surface area contributed by atoms with Crippen LogP contribution in [0.4, 0.5) is 43.9 Å². The molecule has 0 aromatic carbocycles. The van der Waals surface area contributed by atoms with Gasteiger partial charge in [-0.1, -0.05) is 33.6 Å². The fourth-order valence-corrected chi connectivity index (χ4v) is 7.50. The number of alkyl halides is 10. The molecule has 0 atom stereocenters. The van der Waals surface area contributed by atoms with Crippen molar-refractivity contribution in [3.8, 4) is 32.8 Å². The molecule has 0 saturated heterocycles. The molecule has 6 rings (SSSR count). The average molecular weight is 898 g/mol. The van der Waals surface area contributed by atoms with Crippen molar-refractivity contribution in [3.63, 3.8) is 0 Å². The van der Waals surface area contributed by atoms with Gasteiger partial charge in [0.25, 0.3) is 0 Å². The van der Waals surface area contributed by atoms with Gasteiger partial charge in [0.1, 0.15) is 31.4 Å². The maximum absolute atomic E-state index is 13.8. The molecular formula is C29H20Cl2F10N10O4S2. The van der Waals surface area contributed by atoms with Gasteiger partial charge in [-0.3, -0.25) is 9.36 Å². The van der Waals surface area contributed by atoms with Crippen molar-refractivity contribution in [3.05, 3.63) is 66.8 Å². The van der Waals surface area contributed by atoms with Gasteiger partial charge in [0, 0.05) is 25.2 Å². The molecule has 6 heterocycles. The molecular weight excluding hydrogens is 877 g/mol. The fraction of sp³-hybridized carbons (Fsp3) is 0.310. The number of hydrogen-bond donors (Lipinski definition) is 1. The van der Waals surface area contributed by atoms with Crippen molar-refractivity contribution >= 4 is 57.8 Å². The summed E-state index contributed by atoms with van der Waals surface area (Å²) in [7, 11) is 3.58. The molecule has 6 aromatic heterocycles. The van der Waals surface area contributed by atoms with Crippen LogP contribution in [-0.2, 0) is 30.7 Å². The fourth-order valence-electron chi connectivity index (χ4n) is 5.09. The normalized spacial score (nSPS) is 12.5. The maximum atomic E-state index is 13.8. The zero-order chi connectivity index (χ0) is 42.7. The lowest BCUT2D eigenvalue weighted by Gasteiger charge is -2.17. The Morgan fingerprint density at radius 3 is 1.40 bits per heavy atom. The van der Waals surface area contributed by atoms with E-state index in [0.29, 0.717) is 9.75 Å². The second-order valence-corrected chi connectivity index (χ2v) is 14.8. The molecule has 0 saturated carbocycles. The van der Waals surface area contributed by atoms with Crippen LogP contribution in [0, 0.1) is 13.8 Å². The van der Waals surface area contributed by atoms with Crippen LogP contribution in [0.2, 0.25) is 8.67 Å². The molecule has 0 aliphatic heterocycles. The number of rotatable bonds is 8. The van der Waals surface area contributed by atoms with Gasteiger partial charge < -0.3 is 9.84 Å². The molecule has 14 nitrogen and oxygen atoms in total. The van der Waals surface area contributed by atoms with Gasteiger partial charge in [-0.15, -0.1) is 32.9 Å². The van der Waals surface area contributed by atoms with E-state index in [4.69, 9.17) is 28.3 Å². The van der Waals surface area contributed by atoms with Crippen molar-refractivity contribution in [1.29, 1.82) is 0 Å². The number of carbonyl (C=O) groups excluding carboxylic acids is 1. The minimum Gasteiger partial charge on any atom is -0.478 e. The number of aryl methyl sites for hydroxylation is 2. The van der Waals surface area contributed by atoms with E-state index >= 15 is 0 Å². The van der Waals surface area contributed by atoms with E-state index in [1.165, 1.54) is 45.7 Å². The first kappa shape index (κ1) is 43.1. The lowest BCUT2D eigenvalue weighted by Crippen LogP contribution is -2.34. The van der Waals surface area contributed by atoms with Gasteiger partial charge in [-0.25, -0.2) is 19.0 Å². The van der Waals surface area contributed by atoms with Crippen molar-refractivity contribution in [2.45, 2.75) is 38.0 Å². The first-order chi connectivity index (χ1) is 26.2. The average Bonchev–Trinajstić information content (AvgIpc) is 3.95. The second kappa shape index (κ2) is 15.0. The van der Waals surface area contributed by atoms with Crippen molar-refractivity contribution in [1.82, 2.24) is 49.5 Å². The van der Waals surface area contributed by atoms with Gasteiger partial charge in [0.2, 0.25) is 0 Å². The van der Waals surface area contributed by atoms with E-state index < -0.39 is 58.7 Å². The third-order valence-corrected chi connectivity index (χ3v) is 10.5. The molecule has 306 valence electrons. The SMILES string of the molecule is COC(=O)c1cc(-c2cn(-c3c(C)c(C(F)(F)C(F)(F)F)nn3C)nn2)sc1Cl.Cc1c(C(F)(F)C(F)(F)F)nn(C)c1-n1cc(-c2cc(C(=O)O)c(Cl)s2)nn1. The van der Waals surface area contributed by atoms with E-state index in [9.17, 15) is 53.5 Å². The highest BCUT2D eigenvalue weighted by molar-refractivity contribution is 7.20. The van der Waals surface area contributed by atoms with E-state index in [2.05, 4.69) is 35.6 Å². The molecule has 0 bridgehead atoms. The molecule has 0 aliphatic rings. The minimum absolute atomic E-state index is 0.000805. The molecule has 28 heteroatoms. The summed E-state index contributed by atoms with van der Waals surface area (Å²) in [6, 6.07) is 2.66. The van der Waals surface area contributed by atoms with E-state index in [1.807, 2.05) is 0 Å². The molecule has 57 heavy (non-hydrogen) atoms. The number of halogens is 12. The minimum atomic E-state index is -5.81. The molecule has 1 N–H and O–H groups in total. The smallest absolute Gasteiger partial charge is 0.459 e. The zero-order valence-electron chi connectivity index (χ0n) is 28.8. The quantitative estimate of drug-likeness (QED) is 0.117. The van der Waals surface area contributed by atoms with Crippen LogP contribution >= 0.6 is 45.9 Å². The number of nitrogens with zero attached hydrogens (tertiary/aromatic N) is 10. The highest BCUT2D eigenvalue weighted by atomic mass is 35.5. The molecule has 0 unspecified atom stereocenters. The highest BCUT2D eigenvalue weighted by Crippen LogP contribution is 2.46. The van der Waals surface area contributed by atoms with Gasteiger partial charge in [0.15, 0.2) is 11.6 Å². The van der Waals surface area contributed by atoms with Gasteiger partial charge >= 0.3 is 36.1 Å². The molecule has 0 amide bonds. The summed E-state index contributed by atoms with van der Waals surface area (Å²) in [6.07, 6.45) is -9.07. The number of carboxylic acid groups (broad SMARTS) is 1. The Bertz CT molecular complexity index is 2500. The first-order valence-corrected chi connectivity index (χ1v) is 17.3. The topological polar surface area (TPSA) is 161 Å². The molecule has 0 aliphatic carbocycles. The van der Waals surface area contributed by atoms with Crippen LogP contribution in [0.1, 0.15) is 43.2 Å². The summed E-state index contributed by atoms with van der Waals surface area (Å²) in [5.41, 5.74) is -3.38. The Morgan fingerprint density at radius 2 is 1.07 bits per heavy atom. The number of methoxy groups -OCH3 is 1. The van der Waals surface area contributed by atoms with Crippen LogP contribution in [-0.4, -0.2) is 86.1 Å². The van der Waals surface area contributed by atoms with Crippen LogP contribution in [0.15, 0.2) is 24.5 Å². The summed E-state index contributed by atoms with van der Waals surface area (Å²) in [6.45, 7) is 2.14. The van der Waals surface area contributed by atoms with Gasteiger partial charge in [-0.05, 0) is 26.0 Å². The van der Waals surface area contributed by atoms with Gasteiger partial charge in [-0.2, -0.15) is 54.1 Å². The number of ether oxygens (including phenoxy) is 1. The predicted molar refractivity (Wildman–Crippen MR) is 181 cm³/mol. The Hall–Kier alpha value is -5.08. The maximum Gasteiger partial charge on any atom is 0.459 e. The lowest BCUT2D eigenvalue weighted by atomic mass is 10.1. The lowest BCUT2D eigenvalue weighted by molar-refractivity contribution is -0.291. The molecule has 0 fully saturated rings. The van der Waals surface area contributed by atoms with Crippen molar-refractivity contribution in [2.75, 3.05) is 7.11 Å². The summed E-state index contributed by atoms with van der Waals surface area (Å²) in [4.78, 5) is 23.5. The highest BCUT2D eigenvalue weighted by Gasteiger charge is 2.62. The van der Waals surface area contributed by atoms with Crippen molar-refractivity contribution in [2.24, 2.45) is 14.1 Å². The number of thiophene rings is 2. The van der Waals surface area contributed by atoms with Crippen LogP contribution < -0.4 is 0 Å². The third-order valence-electron chi connectivity index (χ3n) is 7.74. The number of carbonyl (C=O) groups is 2. The summed E-state index contributed by atoms with van der Waals surface area (Å²) in [5.74, 6) is -12.5. The Kier molecular flexibility index (Phi) is 11.3. The Labute approximate surface area is 328 Å². The first-order valence-electron chi connectivity index (χ1n) is 15.0. The third kappa shape index (κ3) is 7.81. The van der Waals surface area contributed by atoms with Crippen LogP contribution in [0.3, 0.4) is 0 Å².